The Kier molecular flexibility index (Phi) is 7.96. The van der Waals surface area contributed by atoms with E-state index in [1.807, 2.05) is 30.3 Å². The van der Waals surface area contributed by atoms with Crippen LogP contribution >= 0.6 is 31.0 Å². The fourth-order valence-electron chi connectivity index (χ4n) is 3.97. The monoisotopic (exact) mass is 472 g/mol. The van der Waals surface area contributed by atoms with E-state index in [-0.39, 0.29) is 10.2 Å². The molecule has 1 aromatic rings. The van der Waals surface area contributed by atoms with E-state index in [1.165, 1.54) is 17.4 Å². The van der Waals surface area contributed by atoms with Crippen LogP contribution in [0, 0.1) is 0 Å². The topological polar surface area (TPSA) is 107 Å². The Labute approximate surface area is 185 Å². The minimum Gasteiger partial charge on any atom is -0.480 e. The fraction of sp³-hybridized carbons (Fsp3) is 0.600. The summed E-state index contributed by atoms with van der Waals surface area (Å²) in [6.45, 7) is 1.89. The molecule has 1 unspecified atom stereocenters. The third-order valence-corrected chi connectivity index (χ3v) is 10.6. The average Bonchev–Trinajstić information content (AvgIpc) is 3.32. The maximum atomic E-state index is 12.9. The van der Waals surface area contributed by atoms with E-state index in [9.17, 15) is 24.2 Å². The second-order valence-electron chi connectivity index (χ2n) is 7.85. The first-order valence-corrected chi connectivity index (χ1v) is 14.0. The normalized spacial score (nSPS) is 23.4. The van der Waals surface area contributed by atoms with Crippen LogP contribution in [0.25, 0.3) is 0 Å². The van der Waals surface area contributed by atoms with E-state index >= 15 is 0 Å². The molecule has 2 aliphatic heterocycles. The molecule has 0 aromatic heterocycles. The summed E-state index contributed by atoms with van der Waals surface area (Å²) in [5.74, 6) is 0.447. The van der Waals surface area contributed by atoms with Gasteiger partial charge in [0.05, 0.1) is 10.1 Å². The van der Waals surface area contributed by atoms with Gasteiger partial charge in [-0.2, -0.15) is 0 Å². The summed E-state index contributed by atoms with van der Waals surface area (Å²) in [6, 6.07) is 8.15. The van der Waals surface area contributed by atoms with Crippen molar-refractivity contribution in [2.45, 2.75) is 48.8 Å². The van der Waals surface area contributed by atoms with Crippen molar-refractivity contribution in [3.05, 3.63) is 35.9 Å². The summed E-state index contributed by atoms with van der Waals surface area (Å²) in [6.07, 6.45) is 2.67. The zero-order valence-electron chi connectivity index (χ0n) is 17.0. The lowest BCUT2D eigenvalue weighted by Crippen LogP contribution is -2.48. The quantitative estimate of drug-likeness (QED) is 0.372. The molecule has 10 heteroatoms. The van der Waals surface area contributed by atoms with Crippen molar-refractivity contribution in [1.29, 1.82) is 0 Å². The Bertz CT molecular complexity index is 804. The Morgan fingerprint density at radius 2 is 1.93 bits per heavy atom. The van der Waals surface area contributed by atoms with E-state index in [1.54, 1.807) is 23.5 Å². The number of benzene rings is 1. The summed E-state index contributed by atoms with van der Waals surface area (Å²) >= 11 is 3.42. The predicted octanol–water partition coefficient (Wildman–Crippen LogP) is 3.03. The number of carbonyl (C=O) groups is 2. The van der Waals surface area contributed by atoms with Crippen LogP contribution in [-0.4, -0.2) is 67.2 Å². The van der Waals surface area contributed by atoms with Crippen molar-refractivity contribution in [2.24, 2.45) is 0 Å². The summed E-state index contributed by atoms with van der Waals surface area (Å²) < 4.78 is 12.3. The summed E-state index contributed by atoms with van der Waals surface area (Å²) in [5.41, 5.74) is 1.19. The van der Waals surface area contributed by atoms with Gasteiger partial charge < -0.3 is 14.9 Å². The molecule has 1 amide bonds. The van der Waals surface area contributed by atoms with Gasteiger partial charge in [-0.25, -0.2) is 9.88 Å². The lowest BCUT2D eigenvalue weighted by atomic mass is 10.1. The molecule has 3 atom stereocenters. The highest BCUT2D eigenvalue weighted by atomic mass is 32.2. The van der Waals surface area contributed by atoms with Crippen LogP contribution in [0.4, 0.5) is 0 Å². The van der Waals surface area contributed by atoms with Gasteiger partial charge in [-0.05, 0) is 31.7 Å². The highest BCUT2D eigenvalue weighted by molar-refractivity contribution is 8.21. The van der Waals surface area contributed by atoms with Crippen molar-refractivity contribution in [3.63, 3.8) is 0 Å². The number of rotatable bonds is 9. The van der Waals surface area contributed by atoms with Gasteiger partial charge >= 0.3 is 5.97 Å². The third kappa shape index (κ3) is 6.04. The van der Waals surface area contributed by atoms with E-state index in [4.69, 9.17) is 0 Å². The molecule has 1 spiro atoms. The van der Waals surface area contributed by atoms with Crippen molar-refractivity contribution in [1.82, 2.24) is 9.99 Å². The van der Waals surface area contributed by atoms with Gasteiger partial charge in [0.15, 0.2) is 0 Å². The van der Waals surface area contributed by atoms with Crippen LogP contribution in [0.2, 0.25) is 0 Å². The van der Waals surface area contributed by atoms with Crippen LogP contribution in [-0.2, 0) is 20.6 Å². The number of carboxylic acid groups (broad SMARTS) is 1. The number of aliphatic carboxylic acids is 1. The van der Waals surface area contributed by atoms with Crippen LogP contribution in [0.15, 0.2) is 30.3 Å². The van der Waals surface area contributed by atoms with Crippen LogP contribution in [0.3, 0.4) is 0 Å². The molecule has 30 heavy (non-hydrogen) atoms. The molecule has 0 bridgehead atoms. The van der Waals surface area contributed by atoms with Gasteiger partial charge in [0.2, 0.25) is 5.91 Å². The maximum Gasteiger partial charge on any atom is 0.326 e. The van der Waals surface area contributed by atoms with Gasteiger partial charge in [-0.15, -0.1) is 23.5 Å². The second kappa shape index (κ2) is 10.1. The van der Waals surface area contributed by atoms with Gasteiger partial charge in [0.25, 0.3) is 7.52 Å². The molecule has 0 saturated carbocycles. The molecular formula is C20H29N2O5PS2. The minimum absolute atomic E-state index is 0.0788. The Balaban J connectivity index is 1.51. The third-order valence-electron chi connectivity index (χ3n) is 5.46. The molecule has 3 rings (SSSR count). The number of hydrogen-bond acceptors (Lipinski definition) is 5. The van der Waals surface area contributed by atoms with Crippen molar-refractivity contribution in [3.8, 4) is 0 Å². The average molecular weight is 473 g/mol. The number of nitrogens with one attached hydrogen (secondary N) is 1. The number of hydrogen-bond donors (Lipinski definition) is 3. The maximum absolute atomic E-state index is 12.9. The number of thioether (sulfide) groups is 2. The van der Waals surface area contributed by atoms with Gasteiger partial charge in [-0.3, -0.25) is 9.36 Å². The largest absolute Gasteiger partial charge is 0.480 e. The van der Waals surface area contributed by atoms with Gasteiger partial charge in [0.1, 0.15) is 6.04 Å². The zero-order valence-corrected chi connectivity index (χ0v) is 19.6. The number of aryl methyl sites for hydroxylation is 1. The van der Waals surface area contributed by atoms with Crippen molar-refractivity contribution < 1.29 is 24.2 Å². The first-order chi connectivity index (χ1) is 14.2. The SMILES string of the molecule is C[C@H](NP(=O)(O)CCCCc1ccccc1)C(=O)N1CC2(C[C@H]1C(=O)O)SCCS2. The number of unbranched alkanes of at least 4 members (excludes halogenated alkanes) is 1. The summed E-state index contributed by atoms with van der Waals surface area (Å²) in [5, 5.41) is 12.2. The van der Waals surface area contributed by atoms with E-state index in [0.717, 1.165) is 24.3 Å². The van der Waals surface area contributed by atoms with Gasteiger partial charge in [-0.1, -0.05) is 30.3 Å². The molecule has 1 aromatic carbocycles. The van der Waals surface area contributed by atoms with E-state index < -0.39 is 31.5 Å². The fourth-order valence-corrected chi connectivity index (χ4v) is 8.72. The highest BCUT2D eigenvalue weighted by Crippen LogP contribution is 2.52. The van der Waals surface area contributed by atoms with Crippen LogP contribution < -0.4 is 5.09 Å². The number of amides is 1. The lowest BCUT2D eigenvalue weighted by Gasteiger charge is -2.27. The van der Waals surface area contributed by atoms with Crippen molar-refractivity contribution in [2.75, 3.05) is 24.2 Å². The first-order valence-electron chi connectivity index (χ1n) is 10.2. The minimum atomic E-state index is -3.70. The summed E-state index contributed by atoms with van der Waals surface area (Å²) in [4.78, 5) is 36.3. The smallest absolute Gasteiger partial charge is 0.326 e. The molecule has 0 aliphatic carbocycles. The molecule has 7 nitrogen and oxygen atoms in total. The molecule has 166 valence electrons. The molecule has 2 fully saturated rings. The van der Waals surface area contributed by atoms with E-state index in [2.05, 4.69) is 5.09 Å². The molecular weight excluding hydrogens is 443 g/mol. The summed E-state index contributed by atoms with van der Waals surface area (Å²) in [7, 11) is -3.70. The van der Waals surface area contributed by atoms with E-state index in [0.29, 0.717) is 19.4 Å². The Morgan fingerprint density at radius 1 is 1.27 bits per heavy atom. The Morgan fingerprint density at radius 3 is 2.57 bits per heavy atom. The van der Waals surface area contributed by atoms with Crippen molar-refractivity contribution >= 4 is 42.9 Å². The number of carbonyl (C=O) groups excluding carboxylic acids is 1. The zero-order chi connectivity index (χ0) is 21.8. The standard InChI is InChI=1S/C20H29N2O5PS2/c1-15(21-28(26,27)10-6-5-9-16-7-3-2-4-8-16)18(23)22-14-20(29-11-12-30-20)13-17(22)19(24)25/h2-4,7-8,15,17H,5-6,9-14H2,1H3,(H,24,25)(H2,21,26,27)/t15-,17-/m0/s1. The number of nitrogens with zero attached hydrogens (tertiary/aromatic N) is 1. The highest BCUT2D eigenvalue weighted by Gasteiger charge is 2.52. The van der Waals surface area contributed by atoms with Crippen LogP contribution in [0.1, 0.15) is 31.7 Å². The Hall–Kier alpha value is -0.990. The number of carboxylic acids is 1. The lowest BCUT2D eigenvalue weighted by molar-refractivity contribution is -0.148. The molecule has 2 heterocycles. The van der Waals surface area contributed by atoms with Crippen LogP contribution in [0.5, 0.6) is 0 Å². The first kappa shape index (κ1) is 23.7. The predicted molar refractivity (Wildman–Crippen MR) is 122 cm³/mol. The molecule has 2 aliphatic rings. The second-order valence-corrected chi connectivity index (χ2v) is 13.2. The molecule has 2 saturated heterocycles. The molecule has 0 radical (unpaired) electrons. The molecule has 3 N–H and O–H groups in total. The van der Waals surface area contributed by atoms with Gasteiger partial charge in [0, 0.05) is 30.6 Å². The number of likely N-dealkylation sites (tertiary alicyclic amines) is 1.